The van der Waals surface area contributed by atoms with Crippen LogP contribution in [0.15, 0.2) is 0 Å². The van der Waals surface area contributed by atoms with Crippen molar-refractivity contribution in [3.63, 3.8) is 0 Å². The summed E-state index contributed by atoms with van der Waals surface area (Å²) in [6.07, 6.45) is 2.98. The van der Waals surface area contributed by atoms with Gasteiger partial charge >= 0.3 is 0 Å². The topological polar surface area (TPSA) is 54.5 Å². The maximum absolute atomic E-state index is 11.3. The summed E-state index contributed by atoms with van der Waals surface area (Å²) in [6.45, 7) is 2.54. The Bertz CT molecular complexity index is 291. The Morgan fingerprint density at radius 1 is 1.31 bits per heavy atom. The van der Waals surface area contributed by atoms with Crippen molar-refractivity contribution in [1.82, 2.24) is 4.90 Å². The van der Waals surface area contributed by atoms with Gasteiger partial charge in [-0.1, -0.05) is 18.2 Å². The van der Waals surface area contributed by atoms with Crippen molar-refractivity contribution in [1.29, 1.82) is 0 Å². The zero-order chi connectivity index (χ0) is 12.0. The minimum atomic E-state index is -0.0388. The summed E-state index contributed by atoms with van der Waals surface area (Å²) >= 11 is 1.34. The number of carbonyl (C=O) groups excluding carboxylic acids is 3. The van der Waals surface area contributed by atoms with Crippen molar-refractivity contribution in [2.45, 2.75) is 32.6 Å². The van der Waals surface area contributed by atoms with Gasteiger partial charge in [-0.2, -0.15) is 0 Å². The lowest BCUT2D eigenvalue weighted by molar-refractivity contribution is -0.127. The van der Waals surface area contributed by atoms with Gasteiger partial charge in [0.1, 0.15) is 0 Å². The van der Waals surface area contributed by atoms with E-state index in [1.54, 1.807) is 11.8 Å². The average Bonchev–Trinajstić information content (AvgIpc) is 2.50. The van der Waals surface area contributed by atoms with E-state index in [2.05, 4.69) is 0 Å². The first-order chi connectivity index (χ1) is 7.59. The van der Waals surface area contributed by atoms with Crippen LogP contribution in [0.1, 0.15) is 32.6 Å². The SMILES string of the molecule is CC(=O)SCCCCCN1CC(=O)CC1=O. The Labute approximate surface area is 99.8 Å². The summed E-state index contributed by atoms with van der Waals surface area (Å²) in [4.78, 5) is 34.5. The predicted molar refractivity (Wildman–Crippen MR) is 63.2 cm³/mol. The molecular formula is C11H17NO3S. The van der Waals surface area contributed by atoms with Crippen LogP contribution in [0.4, 0.5) is 0 Å². The molecule has 0 radical (unpaired) electrons. The number of thioether (sulfide) groups is 1. The zero-order valence-electron chi connectivity index (χ0n) is 9.53. The molecule has 0 spiro atoms. The summed E-state index contributed by atoms with van der Waals surface area (Å²) in [5.41, 5.74) is 0. The van der Waals surface area contributed by atoms with E-state index in [9.17, 15) is 14.4 Å². The van der Waals surface area contributed by atoms with Gasteiger partial charge < -0.3 is 4.90 Å². The molecule has 0 N–H and O–H groups in total. The molecule has 0 aromatic rings. The van der Waals surface area contributed by atoms with Crippen LogP contribution in [-0.4, -0.2) is 40.5 Å². The Hall–Kier alpha value is -0.840. The van der Waals surface area contributed by atoms with Gasteiger partial charge in [0.2, 0.25) is 5.91 Å². The quantitative estimate of drug-likeness (QED) is 0.520. The lowest BCUT2D eigenvalue weighted by atomic mass is 10.2. The molecule has 1 heterocycles. The Kier molecular flexibility index (Phi) is 5.52. The van der Waals surface area contributed by atoms with E-state index in [0.29, 0.717) is 13.1 Å². The molecule has 0 aromatic carbocycles. The molecule has 90 valence electrons. The van der Waals surface area contributed by atoms with Crippen molar-refractivity contribution in [3.8, 4) is 0 Å². The molecule has 1 rings (SSSR count). The number of carbonyl (C=O) groups is 3. The lowest BCUT2D eigenvalue weighted by Crippen LogP contribution is -2.26. The van der Waals surface area contributed by atoms with Crippen molar-refractivity contribution in [2.75, 3.05) is 18.8 Å². The Balaban J connectivity index is 2.01. The second-order valence-electron chi connectivity index (χ2n) is 3.93. The first-order valence-electron chi connectivity index (χ1n) is 5.52. The van der Waals surface area contributed by atoms with E-state index in [1.165, 1.54) is 11.8 Å². The highest BCUT2D eigenvalue weighted by Gasteiger charge is 2.26. The van der Waals surface area contributed by atoms with Gasteiger partial charge in [0.15, 0.2) is 10.9 Å². The van der Waals surface area contributed by atoms with Crippen LogP contribution in [0, 0.1) is 0 Å². The second kappa shape index (κ2) is 6.68. The fourth-order valence-electron chi connectivity index (χ4n) is 1.64. The van der Waals surface area contributed by atoms with Crippen molar-refractivity contribution < 1.29 is 14.4 Å². The molecule has 5 heteroatoms. The number of amides is 1. The van der Waals surface area contributed by atoms with E-state index < -0.39 is 0 Å². The fraction of sp³-hybridized carbons (Fsp3) is 0.727. The van der Waals surface area contributed by atoms with Gasteiger partial charge in [0, 0.05) is 19.2 Å². The molecule has 0 atom stereocenters. The molecule has 0 bridgehead atoms. The molecule has 0 aromatic heterocycles. The number of likely N-dealkylation sites (tertiary alicyclic amines) is 1. The van der Waals surface area contributed by atoms with Crippen molar-refractivity contribution >= 4 is 28.6 Å². The van der Waals surface area contributed by atoms with Gasteiger partial charge in [0.25, 0.3) is 0 Å². The number of Topliss-reactive ketones (excluding diaryl/α,β-unsaturated/α-hetero) is 1. The third kappa shape index (κ3) is 4.79. The van der Waals surface area contributed by atoms with Crippen LogP contribution < -0.4 is 0 Å². The van der Waals surface area contributed by atoms with Gasteiger partial charge in [-0.05, 0) is 12.8 Å². The van der Waals surface area contributed by atoms with Gasteiger partial charge in [-0.3, -0.25) is 14.4 Å². The molecule has 1 aliphatic heterocycles. The third-order valence-corrected chi connectivity index (χ3v) is 3.35. The average molecular weight is 243 g/mol. The molecule has 16 heavy (non-hydrogen) atoms. The molecule has 1 aliphatic rings. The maximum Gasteiger partial charge on any atom is 0.230 e. The van der Waals surface area contributed by atoms with E-state index in [-0.39, 0.29) is 23.2 Å². The number of hydrogen-bond donors (Lipinski definition) is 0. The van der Waals surface area contributed by atoms with E-state index in [1.807, 2.05) is 0 Å². The summed E-state index contributed by atoms with van der Waals surface area (Å²) in [7, 11) is 0. The summed E-state index contributed by atoms with van der Waals surface area (Å²) < 4.78 is 0. The minimum Gasteiger partial charge on any atom is -0.335 e. The number of unbranched alkanes of at least 4 members (excludes halogenated alkanes) is 2. The van der Waals surface area contributed by atoms with Crippen molar-refractivity contribution in [2.24, 2.45) is 0 Å². The van der Waals surface area contributed by atoms with E-state index in [0.717, 1.165) is 25.0 Å². The number of hydrogen-bond acceptors (Lipinski definition) is 4. The van der Waals surface area contributed by atoms with Crippen LogP contribution in [0.2, 0.25) is 0 Å². The maximum atomic E-state index is 11.3. The van der Waals surface area contributed by atoms with Crippen LogP contribution >= 0.6 is 11.8 Å². The van der Waals surface area contributed by atoms with Crippen LogP contribution in [0.5, 0.6) is 0 Å². The third-order valence-electron chi connectivity index (χ3n) is 2.45. The highest BCUT2D eigenvalue weighted by molar-refractivity contribution is 8.13. The Morgan fingerprint density at radius 2 is 2.06 bits per heavy atom. The molecule has 0 aliphatic carbocycles. The second-order valence-corrected chi connectivity index (χ2v) is 5.20. The van der Waals surface area contributed by atoms with Crippen molar-refractivity contribution in [3.05, 3.63) is 0 Å². The fourth-order valence-corrected chi connectivity index (χ4v) is 2.27. The molecule has 0 saturated carbocycles. The van der Waals surface area contributed by atoms with E-state index >= 15 is 0 Å². The van der Waals surface area contributed by atoms with E-state index in [4.69, 9.17) is 0 Å². The first-order valence-corrected chi connectivity index (χ1v) is 6.51. The van der Waals surface area contributed by atoms with Gasteiger partial charge in [0.05, 0.1) is 13.0 Å². The van der Waals surface area contributed by atoms with Gasteiger partial charge in [-0.25, -0.2) is 0 Å². The number of rotatable bonds is 6. The minimum absolute atomic E-state index is 0.0251. The van der Waals surface area contributed by atoms with Crippen LogP contribution in [0.25, 0.3) is 0 Å². The normalized spacial score (nSPS) is 15.9. The summed E-state index contributed by atoms with van der Waals surface area (Å²) in [6, 6.07) is 0. The molecule has 1 fully saturated rings. The molecule has 1 amide bonds. The van der Waals surface area contributed by atoms with Crippen LogP contribution in [-0.2, 0) is 14.4 Å². The summed E-state index contributed by atoms with van der Waals surface area (Å²) in [5.74, 6) is 0.836. The number of nitrogens with zero attached hydrogens (tertiary/aromatic N) is 1. The van der Waals surface area contributed by atoms with Crippen LogP contribution in [0.3, 0.4) is 0 Å². The molecular weight excluding hydrogens is 226 g/mol. The first kappa shape index (κ1) is 13.2. The monoisotopic (exact) mass is 243 g/mol. The Morgan fingerprint density at radius 3 is 2.62 bits per heavy atom. The van der Waals surface area contributed by atoms with Gasteiger partial charge in [-0.15, -0.1) is 0 Å². The summed E-state index contributed by atoms with van der Waals surface area (Å²) in [5, 5.41) is 0.153. The highest BCUT2D eigenvalue weighted by atomic mass is 32.2. The smallest absolute Gasteiger partial charge is 0.230 e. The lowest BCUT2D eigenvalue weighted by Gasteiger charge is -2.13. The standard InChI is InChI=1S/C11H17NO3S/c1-9(13)16-6-4-2-3-5-12-8-10(14)7-11(12)15/h2-8H2,1H3. The molecule has 1 saturated heterocycles. The molecule has 4 nitrogen and oxygen atoms in total. The predicted octanol–water partition coefficient (Wildman–Crippen LogP) is 1.24. The number of ketones is 1. The zero-order valence-corrected chi connectivity index (χ0v) is 10.3. The molecule has 0 unspecified atom stereocenters. The largest absolute Gasteiger partial charge is 0.335 e. The highest BCUT2D eigenvalue weighted by Crippen LogP contribution is 2.10.